The maximum Gasteiger partial charge on any atom is 0.256 e. The first-order chi connectivity index (χ1) is 5.89. The van der Waals surface area contributed by atoms with Gasteiger partial charge in [0, 0.05) is 0 Å². The van der Waals surface area contributed by atoms with Crippen LogP contribution in [0, 0.1) is 0 Å². The van der Waals surface area contributed by atoms with Gasteiger partial charge < -0.3 is 15.3 Å². The molecule has 0 radical (unpaired) electrons. The third-order valence-corrected chi connectivity index (χ3v) is 2.72. The highest BCUT2D eigenvalue weighted by Crippen LogP contribution is 2.39. The van der Waals surface area contributed by atoms with E-state index < -0.39 is 24.2 Å². The van der Waals surface area contributed by atoms with E-state index in [1.54, 1.807) is 7.05 Å². The lowest BCUT2D eigenvalue weighted by atomic mass is 10.0. The molecule has 0 saturated carbocycles. The number of ether oxygens (including phenoxy) is 1. The molecule has 0 aromatic carbocycles. The van der Waals surface area contributed by atoms with Crippen LogP contribution in [0.1, 0.15) is 6.92 Å². The summed E-state index contributed by atoms with van der Waals surface area (Å²) < 4.78 is 4.96. The molecule has 0 aromatic rings. The Morgan fingerprint density at radius 1 is 1.38 bits per heavy atom. The highest BCUT2D eigenvalue weighted by Gasteiger charge is 2.64. The van der Waals surface area contributed by atoms with Crippen LogP contribution in [-0.4, -0.2) is 58.0 Å². The van der Waals surface area contributed by atoms with Gasteiger partial charge in [0.25, 0.3) is 12.0 Å². The first kappa shape index (κ1) is 9.32. The molecule has 6 heteroatoms. The largest absolute Gasteiger partial charge is 0.384 e. The van der Waals surface area contributed by atoms with Gasteiger partial charge in [-0.15, -0.1) is 4.65 Å². The van der Waals surface area contributed by atoms with Crippen molar-refractivity contribution in [2.75, 3.05) is 13.8 Å². The fraction of sp³-hybridized carbons (Fsp3) is 1.00. The Hall–Kier alpha value is -0.240. The van der Waals surface area contributed by atoms with Gasteiger partial charge in [0.05, 0.1) is 0 Å². The molecule has 2 heterocycles. The summed E-state index contributed by atoms with van der Waals surface area (Å²) in [7, 11) is 1.59. The predicted molar refractivity (Wildman–Crippen MR) is 39.6 cm³/mol. The van der Waals surface area contributed by atoms with Gasteiger partial charge in [-0.3, -0.25) is 4.74 Å². The number of fused-ring (bicyclic) bond motifs is 2. The highest BCUT2D eigenvalue weighted by atomic mass is 16.9. The van der Waals surface area contributed by atoms with Crippen LogP contribution in [0.3, 0.4) is 0 Å². The third kappa shape index (κ3) is 1.04. The topological polar surface area (TPSA) is 79.2 Å². The van der Waals surface area contributed by atoms with Gasteiger partial charge in [0.15, 0.2) is 6.10 Å². The Morgan fingerprint density at radius 3 is 2.62 bits per heavy atom. The molecule has 6 nitrogen and oxygen atoms in total. The zero-order valence-electron chi connectivity index (χ0n) is 7.54. The molecule has 2 rings (SSSR count). The van der Waals surface area contributed by atoms with Gasteiger partial charge in [-0.05, 0) is 6.92 Å². The Morgan fingerprint density at radius 2 is 2.00 bits per heavy atom. The molecule has 0 spiro atoms. The minimum absolute atomic E-state index is 0.117. The molecule has 0 aromatic heterocycles. The maximum absolute atomic E-state index is 9.57. The highest BCUT2D eigenvalue weighted by molar-refractivity contribution is 4.86. The van der Waals surface area contributed by atoms with Gasteiger partial charge in [0.2, 0.25) is 6.73 Å². The van der Waals surface area contributed by atoms with E-state index >= 15 is 0 Å². The second-order valence-corrected chi connectivity index (χ2v) is 3.90. The molecule has 76 valence electrons. The number of nitrogens with zero attached hydrogens (tertiary/aromatic N) is 1. The summed E-state index contributed by atoms with van der Waals surface area (Å²) in [6, 6.07) is 0. The second kappa shape index (κ2) is 2.41. The Labute approximate surface area is 75.5 Å². The van der Waals surface area contributed by atoms with E-state index in [0.29, 0.717) is 0 Å². The first-order valence-corrected chi connectivity index (χ1v) is 4.13. The van der Waals surface area contributed by atoms with Crippen LogP contribution in [0.15, 0.2) is 0 Å². The van der Waals surface area contributed by atoms with Gasteiger partial charge >= 0.3 is 0 Å². The fourth-order valence-corrected chi connectivity index (χ4v) is 1.79. The molecule has 2 bridgehead atoms. The van der Waals surface area contributed by atoms with Crippen molar-refractivity contribution in [1.82, 2.24) is 0 Å². The van der Waals surface area contributed by atoms with E-state index in [0.717, 1.165) is 0 Å². The Kier molecular flexibility index (Phi) is 1.73. The molecule has 5 unspecified atom stereocenters. The normalized spacial score (nSPS) is 61.2. The molecule has 0 aliphatic carbocycles. The zero-order valence-corrected chi connectivity index (χ0v) is 7.54. The fourth-order valence-electron chi connectivity index (χ4n) is 1.79. The van der Waals surface area contributed by atoms with Crippen LogP contribution in [0.25, 0.3) is 0 Å². The zero-order chi connectivity index (χ0) is 9.85. The van der Waals surface area contributed by atoms with Crippen LogP contribution in [0.2, 0.25) is 0 Å². The molecule has 2 saturated heterocycles. The molecule has 2 fully saturated rings. The minimum atomic E-state index is -1.24. The second-order valence-electron chi connectivity index (χ2n) is 3.90. The van der Waals surface area contributed by atoms with Crippen molar-refractivity contribution in [3.8, 4) is 0 Å². The monoisotopic (exact) mass is 192 g/mol. The lowest BCUT2D eigenvalue weighted by molar-refractivity contribution is -1.13. The molecule has 2 aliphatic heterocycles. The summed E-state index contributed by atoms with van der Waals surface area (Å²) in [4.78, 5) is 5.32. The average molecular weight is 192 g/mol. The molecule has 3 N–H and O–H groups in total. The number of hydrogen-bond acceptors (Lipinski definition) is 5. The van der Waals surface area contributed by atoms with Gasteiger partial charge in [-0.1, -0.05) is 0 Å². The predicted octanol–water partition coefficient (Wildman–Crippen LogP) is -1.88. The van der Waals surface area contributed by atoms with Gasteiger partial charge in [0.1, 0.15) is 13.2 Å². The van der Waals surface area contributed by atoms with Crippen LogP contribution in [0.4, 0.5) is 0 Å². The Balaban J connectivity index is 2.34. The number of aliphatic hydroxyl groups is 3. The van der Waals surface area contributed by atoms with Crippen molar-refractivity contribution in [3.05, 3.63) is 0 Å². The molecule has 5 atom stereocenters. The van der Waals surface area contributed by atoms with Crippen LogP contribution in [0.5, 0.6) is 0 Å². The van der Waals surface area contributed by atoms with Crippen molar-refractivity contribution < 1.29 is 29.5 Å². The van der Waals surface area contributed by atoms with Crippen molar-refractivity contribution in [3.63, 3.8) is 0 Å². The third-order valence-electron chi connectivity index (χ3n) is 2.72. The van der Waals surface area contributed by atoms with Crippen LogP contribution >= 0.6 is 0 Å². The quantitative estimate of drug-likeness (QED) is 0.392. The van der Waals surface area contributed by atoms with Crippen molar-refractivity contribution in [1.29, 1.82) is 0 Å². The number of hydroxylamine groups is 3. The molecule has 2 aliphatic rings. The summed E-state index contributed by atoms with van der Waals surface area (Å²) in [6.07, 6.45) is -3.65. The summed E-state index contributed by atoms with van der Waals surface area (Å²) in [5, 5.41) is 28.6. The molecule has 0 amide bonds. The van der Waals surface area contributed by atoms with E-state index in [1.807, 2.05) is 0 Å². The van der Waals surface area contributed by atoms with Crippen molar-refractivity contribution in [2.45, 2.75) is 31.1 Å². The van der Waals surface area contributed by atoms with E-state index in [1.165, 1.54) is 6.92 Å². The number of likely N-dealkylation sites (N-methyl/N-ethyl adjacent to an activating group) is 1. The van der Waals surface area contributed by atoms with Gasteiger partial charge in [-0.2, -0.15) is 4.84 Å². The number of hydrogen-bond donors (Lipinski definition) is 3. The van der Waals surface area contributed by atoms with Crippen molar-refractivity contribution in [2.24, 2.45) is 0 Å². The average Bonchev–Trinajstić information content (AvgIpc) is 2.38. The summed E-state index contributed by atoms with van der Waals surface area (Å²) in [5.74, 6) is -1.21. The summed E-state index contributed by atoms with van der Waals surface area (Å²) in [5.41, 5.74) is 0. The lowest BCUT2D eigenvalue weighted by Gasteiger charge is -2.41. The SMILES string of the molecule is CC12OC[N+](C)(O1)C(O)C(O)C2O. The number of aliphatic hydroxyl groups excluding tert-OH is 3. The molecular formula is C7H14NO5+. The van der Waals surface area contributed by atoms with E-state index in [9.17, 15) is 15.3 Å². The standard InChI is InChI=1S/C7H14NO5/c1-7-5(10)4(9)6(11)8(2,13-7)3-12-7/h4-6,9-11H,3H2,1-2H3/q+1. The number of quaternary nitrogens is 1. The summed E-state index contributed by atoms with van der Waals surface area (Å²) >= 11 is 0. The lowest BCUT2D eigenvalue weighted by Crippen LogP contribution is -2.66. The van der Waals surface area contributed by atoms with Crippen molar-refractivity contribution >= 4 is 0 Å². The number of rotatable bonds is 0. The summed E-state index contributed by atoms with van der Waals surface area (Å²) in [6.45, 7) is 1.65. The smallest absolute Gasteiger partial charge is 0.256 e. The molecule has 13 heavy (non-hydrogen) atoms. The van der Waals surface area contributed by atoms with E-state index in [2.05, 4.69) is 0 Å². The maximum atomic E-state index is 9.57. The van der Waals surface area contributed by atoms with E-state index in [-0.39, 0.29) is 11.4 Å². The van der Waals surface area contributed by atoms with Crippen LogP contribution in [-0.2, 0) is 9.57 Å². The van der Waals surface area contributed by atoms with E-state index in [4.69, 9.17) is 9.57 Å². The first-order valence-electron chi connectivity index (χ1n) is 4.13. The molecular weight excluding hydrogens is 178 g/mol. The minimum Gasteiger partial charge on any atom is -0.384 e. The van der Waals surface area contributed by atoms with Crippen LogP contribution < -0.4 is 0 Å². The Bertz CT molecular complexity index is 215. The van der Waals surface area contributed by atoms with Gasteiger partial charge in [-0.25, -0.2) is 0 Å².